The molecule has 1 aliphatic rings. The number of ether oxygens (including phenoxy) is 1. The molecule has 0 radical (unpaired) electrons. The first kappa shape index (κ1) is 18.7. The molecule has 1 amide bonds. The van der Waals surface area contributed by atoms with Crippen molar-refractivity contribution >= 4 is 11.7 Å². The number of epoxide rings is 1. The molecule has 1 fully saturated rings. The van der Waals surface area contributed by atoms with Crippen LogP contribution in [0.5, 0.6) is 0 Å². The van der Waals surface area contributed by atoms with E-state index in [1.807, 2.05) is 0 Å². The number of carbonyl (C=O) groups is 2. The summed E-state index contributed by atoms with van der Waals surface area (Å²) in [5, 5.41) is 0. The van der Waals surface area contributed by atoms with Crippen molar-refractivity contribution in [3.05, 3.63) is 0 Å². The van der Waals surface area contributed by atoms with Crippen LogP contribution in [0.2, 0.25) is 0 Å². The topological polar surface area (TPSA) is 72.7 Å². The number of nitrogens with two attached hydrogens (primary N) is 1. The average Bonchev–Trinajstić information content (AvgIpc) is 3.29. The van der Waals surface area contributed by atoms with Gasteiger partial charge in [0.15, 0.2) is 18.0 Å². The fourth-order valence-corrected chi connectivity index (χ4v) is 2.66. The standard InChI is InChI=1S/C18H29NO3/c1-2-3-4-5-6-7-8-9-10-11-12-13-14-15(20)16-17(22-16)18(19)21/h1,16-17H,3-14H2,(H2,19,21)/t16?,17-/m1/s1. The van der Waals surface area contributed by atoms with Crippen LogP contribution in [0.15, 0.2) is 0 Å². The molecule has 4 nitrogen and oxygen atoms in total. The summed E-state index contributed by atoms with van der Waals surface area (Å²) in [6.45, 7) is 0. The Balaban J connectivity index is 1.80. The first-order valence-electron chi connectivity index (χ1n) is 8.57. The van der Waals surface area contributed by atoms with E-state index in [1.54, 1.807) is 0 Å². The Morgan fingerprint density at radius 2 is 1.36 bits per heavy atom. The van der Waals surface area contributed by atoms with Gasteiger partial charge in [-0.2, -0.15) is 0 Å². The average molecular weight is 307 g/mol. The highest BCUT2D eigenvalue weighted by Gasteiger charge is 2.48. The zero-order valence-electron chi connectivity index (χ0n) is 13.5. The SMILES string of the molecule is C#CCCCCCCCCCCCCC(=O)C1O[C@H]1C(N)=O. The summed E-state index contributed by atoms with van der Waals surface area (Å²) in [6.07, 6.45) is 17.4. The summed E-state index contributed by atoms with van der Waals surface area (Å²) in [5.74, 6) is 2.16. The molecule has 0 saturated carbocycles. The molecule has 124 valence electrons. The van der Waals surface area contributed by atoms with Gasteiger partial charge in [-0.3, -0.25) is 9.59 Å². The Morgan fingerprint density at radius 1 is 0.864 bits per heavy atom. The van der Waals surface area contributed by atoms with E-state index < -0.39 is 18.1 Å². The van der Waals surface area contributed by atoms with Crippen LogP contribution in [0.1, 0.15) is 77.0 Å². The van der Waals surface area contributed by atoms with Gasteiger partial charge in [0.2, 0.25) is 5.91 Å². The molecule has 2 N–H and O–H groups in total. The first-order valence-corrected chi connectivity index (χ1v) is 8.57. The number of unbranched alkanes of at least 4 members (excludes halogenated alkanes) is 10. The van der Waals surface area contributed by atoms with E-state index in [1.165, 1.54) is 44.9 Å². The quantitative estimate of drug-likeness (QED) is 0.304. The van der Waals surface area contributed by atoms with Crippen LogP contribution >= 0.6 is 0 Å². The highest BCUT2D eigenvalue weighted by atomic mass is 16.6. The third kappa shape index (κ3) is 8.19. The Bertz CT molecular complexity index is 386. The lowest BCUT2D eigenvalue weighted by atomic mass is 10.0. The monoisotopic (exact) mass is 307 g/mol. The Labute approximate surface area is 134 Å². The number of rotatable bonds is 14. The van der Waals surface area contributed by atoms with Crippen LogP contribution in [0, 0.1) is 12.3 Å². The van der Waals surface area contributed by atoms with Crippen molar-refractivity contribution in [3.63, 3.8) is 0 Å². The van der Waals surface area contributed by atoms with Gasteiger partial charge >= 0.3 is 0 Å². The van der Waals surface area contributed by atoms with Crippen LogP contribution in [0.4, 0.5) is 0 Å². The summed E-state index contributed by atoms with van der Waals surface area (Å²) >= 11 is 0. The molecule has 1 rings (SSSR count). The van der Waals surface area contributed by atoms with Crippen LogP contribution in [0.3, 0.4) is 0 Å². The zero-order chi connectivity index (χ0) is 16.2. The van der Waals surface area contributed by atoms with Crippen molar-refractivity contribution in [2.45, 2.75) is 89.3 Å². The molecule has 0 aromatic carbocycles. The minimum atomic E-state index is -0.659. The van der Waals surface area contributed by atoms with Gasteiger partial charge in [-0.05, 0) is 12.8 Å². The number of primary amides is 1. The molecule has 1 heterocycles. The van der Waals surface area contributed by atoms with Crippen molar-refractivity contribution in [1.82, 2.24) is 0 Å². The highest BCUT2D eigenvalue weighted by molar-refractivity contribution is 5.95. The third-order valence-corrected chi connectivity index (χ3v) is 4.08. The van der Waals surface area contributed by atoms with E-state index >= 15 is 0 Å². The molecule has 0 bridgehead atoms. The smallest absolute Gasteiger partial charge is 0.249 e. The van der Waals surface area contributed by atoms with E-state index in [-0.39, 0.29) is 5.78 Å². The molecule has 1 unspecified atom stereocenters. The van der Waals surface area contributed by atoms with Crippen molar-refractivity contribution in [1.29, 1.82) is 0 Å². The third-order valence-electron chi connectivity index (χ3n) is 4.08. The molecule has 22 heavy (non-hydrogen) atoms. The minimum absolute atomic E-state index is 0.0239. The van der Waals surface area contributed by atoms with Crippen LogP contribution in [-0.2, 0) is 14.3 Å². The molecule has 1 saturated heterocycles. The van der Waals surface area contributed by atoms with Gasteiger partial charge in [-0.15, -0.1) is 12.3 Å². The van der Waals surface area contributed by atoms with Crippen molar-refractivity contribution in [2.24, 2.45) is 5.73 Å². The Morgan fingerprint density at radius 3 is 1.82 bits per heavy atom. The fraction of sp³-hybridized carbons (Fsp3) is 0.778. The second kappa shape index (κ2) is 11.3. The van der Waals surface area contributed by atoms with E-state index in [0.29, 0.717) is 6.42 Å². The van der Waals surface area contributed by atoms with Crippen LogP contribution in [0.25, 0.3) is 0 Å². The Hall–Kier alpha value is -1.34. The highest BCUT2D eigenvalue weighted by Crippen LogP contribution is 2.24. The van der Waals surface area contributed by atoms with Crippen LogP contribution in [-0.4, -0.2) is 23.9 Å². The molecule has 2 atom stereocenters. The molecular formula is C18H29NO3. The maximum Gasteiger partial charge on any atom is 0.249 e. The van der Waals surface area contributed by atoms with Crippen molar-refractivity contribution < 1.29 is 14.3 Å². The second-order valence-corrected chi connectivity index (χ2v) is 6.09. The lowest BCUT2D eigenvalue weighted by Crippen LogP contribution is -2.22. The predicted octanol–water partition coefficient (Wildman–Crippen LogP) is 3.12. The largest absolute Gasteiger partial charge is 0.367 e. The van der Waals surface area contributed by atoms with Gasteiger partial charge in [0.1, 0.15) is 0 Å². The van der Waals surface area contributed by atoms with Crippen molar-refractivity contribution in [2.75, 3.05) is 0 Å². The Kier molecular flexibility index (Phi) is 9.57. The summed E-state index contributed by atoms with van der Waals surface area (Å²) in [5.41, 5.74) is 5.07. The second-order valence-electron chi connectivity index (χ2n) is 6.09. The van der Waals surface area contributed by atoms with E-state index in [4.69, 9.17) is 16.9 Å². The number of Topliss-reactive ketones (excluding diaryl/α,β-unsaturated/α-hetero) is 1. The van der Waals surface area contributed by atoms with Crippen LogP contribution < -0.4 is 5.73 Å². The van der Waals surface area contributed by atoms with Crippen molar-refractivity contribution in [3.8, 4) is 12.3 Å². The lowest BCUT2D eigenvalue weighted by Gasteiger charge is -2.02. The zero-order valence-corrected chi connectivity index (χ0v) is 13.5. The van der Waals surface area contributed by atoms with E-state index in [9.17, 15) is 9.59 Å². The maximum atomic E-state index is 11.7. The molecule has 0 spiro atoms. The predicted molar refractivity (Wildman–Crippen MR) is 87.1 cm³/mol. The van der Waals surface area contributed by atoms with Gasteiger partial charge in [0.25, 0.3) is 0 Å². The summed E-state index contributed by atoms with van der Waals surface area (Å²) in [6, 6.07) is 0. The number of hydrogen-bond acceptors (Lipinski definition) is 3. The fourth-order valence-electron chi connectivity index (χ4n) is 2.66. The summed E-state index contributed by atoms with van der Waals surface area (Å²) < 4.78 is 4.96. The molecule has 0 aromatic rings. The summed E-state index contributed by atoms with van der Waals surface area (Å²) in [7, 11) is 0. The normalized spacial score (nSPS) is 19.6. The molecule has 0 aliphatic carbocycles. The minimum Gasteiger partial charge on any atom is -0.367 e. The number of ketones is 1. The molecule has 0 aromatic heterocycles. The van der Waals surface area contributed by atoms with E-state index in [0.717, 1.165) is 25.7 Å². The summed E-state index contributed by atoms with van der Waals surface area (Å²) in [4.78, 5) is 22.4. The van der Waals surface area contributed by atoms with Gasteiger partial charge < -0.3 is 10.5 Å². The number of amides is 1. The maximum absolute atomic E-state index is 11.7. The number of terminal acetylenes is 1. The van der Waals surface area contributed by atoms with Gasteiger partial charge in [0, 0.05) is 12.8 Å². The molecular weight excluding hydrogens is 278 g/mol. The lowest BCUT2D eigenvalue weighted by molar-refractivity contribution is -0.121. The van der Waals surface area contributed by atoms with E-state index in [2.05, 4.69) is 5.92 Å². The number of hydrogen-bond donors (Lipinski definition) is 1. The van der Waals surface area contributed by atoms with Gasteiger partial charge in [-0.25, -0.2) is 0 Å². The van der Waals surface area contributed by atoms with Gasteiger partial charge in [0.05, 0.1) is 0 Å². The first-order chi connectivity index (χ1) is 10.7. The van der Waals surface area contributed by atoms with Gasteiger partial charge in [-0.1, -0.05) is 51.4 Å². The number of carbonyl (C=O) groups excluding carboxylic acids is 2. The molecule has 4 heteroatoms. The molecule has 1 aliphatic heterocycles.